The minimum Gasteiger partial charge on any atom is -0.493 e. The average molecular weight is 416 g/mol. The summed E-state index contributed by atoms with van der Waals surface area (Å²) in [6.45, 7) is 0.256. The molecular weight excluding hydrogens is 390 g/mol. The first-order chi connectivity index (χ1) is 14.5. The fraction of sp³-hybridized carbons (Fsp3) is 0.318. The predicted molar refractivity (Wildman–Crippen MR) is 115 cm³/mol. The molecule has 0 atom stereocenters. The maximum Gasteiger partial charge on any atom is 0.387 e. The van der Waals surface area contributed by atoms with Gasteiger partial charge in [0.1, 0.15) is 0 Å². The van der Waals surface area contributed by atoms with E-state index in [-0.39, 0.29) is 11.5 Å². The van der Waals surface area contributed by atoms with E-state index < -0.39 is 6.61 Å². The van der Waals surface area contributed by atoms with E-state index in [1.165, 1.54) is 29.7 Å². The number of aryl methyl sites for hydroxylation is 1. The van der Waals surface area contributed by atoms with Gasteiger partial charge in [0, 0.05) is 37.2 Å². The Labute approximate surface area is 174 Å². The predicted octanol–water partition coefficient (Wildman–Crippen LogP) is 3.99. The zero-order chi connectivity index (χ0) is 21.5. The molecule has 0 fully saturated rings. The molecule has 8 heteroatoms. The SMILES string of the molecule is CN=C(NCCc1c[nH]c2cc(C)ccc12)NCc1ccc(OC)c(OC(F)F)c1. The van der Waals surface area contributed by atoms with Crippen molar-refractivity contribution in [3.05, 3.63) is 59.3 Å². The molecule has 2 aromatic carbocycles. The van der Waals surface area contributed by atoms with E-state index in [1.807, 2.05) is 6.20 Å². The van der Waals surface area contributed by atoms with Crippen LogP contribution in [-0.2, 0) is 13.0 Å². The fourth-order valence-electron chi connectivity index (χ4n) is 3.25. The Hall–Kier alpha value is -3.29. The second-order valence-electron chi connectivity index (χ2n) is 6.83. The number of aromatic nitrogens is 1. The summed E-state index contributed by atoms with van der Waals surface area (Å²) in [7, 11) is 3.09. The van der Waals surface area contributed by atoms with Gasteiger partial charge >= 0.3 is 6.61 Å². The molecule has 1 aromatic heterocycles. The second-order valence-corrected chi connectivity index (χ2v) is 6.83. The molecule has 0 saturated heterocycles. The van der Waals surface area contributed by atoms with Crippen molar-refractivity contribution in [2.24, 2.45) is 4.99 Å². The third-order valence-electron chi connectivity index (χ3n) is 4.74. The number of nitrogens with one attached hydrogen (secondary N) is 3. The number of guanidine groups is 1. The highest BCUT2D eigenvalue weighted by molar-refractivity contribution is 5.84. The molecule has 3 rings (SSSR count). The number of aromatic amines is 1. The molecule has 0 amide bonds. The standard InChI is InChI=1S/C22H26F2N4O2/c1-14-4-6-17-16(13-27-18(17)10-14)8-9-26-22(25-2)28-12-15-5-7-19(29-3)20(11-15)30-21(23)24/h4-7,10-11,13,21,27H,8-9,12H2,1-3H3,(H2,25,26,28). The Bertz CT molecular complexity index is 1020. The number of H-pyrrole nitrogens is 1. The van der Waals surface area contributed by atoms with Gasteiger partial charge in [-0.1, -0.05) is 18.2 Å². The lowest BCUT2D eigenvalue weighted by molar-refractivity contribution is -0.0512. The number of nitrogens with zero attached hydrogens (tertiary/aromatic N) is 1. The fourth-order valence-corrected chi connectivity index (χ4v) is 3.25. The minimum atomic E-state index is -2.91. The summed E-state index contributed by atoms with van der Waals surface area (Å²) in [5.74, 6) is 0.887. The van der Waals surface area contributed by atoms with Crippen LogP contribution in [0, 0.1) is 6.92 Å². The Morgan fingerprint density at radius 1 is 1.13 bits per heavy atom. The smallest absolute Gasteiger partial charge is 0.387 e. The zero-order valence-electron chi connectivity index (χ0n) is 17.3. The number of aliphatic imine (C=N–C) groups is 1. The van der Waals surface area contributed by atoms with Crippen LogP contribution in [0.4, 0.5) is 8.78 Å². The quantitative estimate of drug-likeness (QED) is 0.384. The van der Waals surface area contributed by atoms with Crippen LogP contribution >= 0.6 is 0 Å². The number of ether oxygens (including phenoxy) is 2. The molecule has 0 bridgehead atoms. The third kappa shape index (κ3) is 5.40. The Morgan fingerprint density at radius 2 is 1.97 bits per heavy atom. The van der Waals surface area contributed by atoms with Crippen molar-refractivity contribution in [2.45, 2.75) is 26.5 Å². The lowest BCUT2D eigenvalue weighted by Crippen LogP contribution is -2.37. The van der Waals surface area contributed by atoms with Crippen LogP contribution < -0.4 is 20.1 Å². The van der Waals surface area contributed by atoms with E-state index in [1.54, 1.807) is 19.2 Å². The van der Waals surface area contributed by atoms with E-state index in [0.717, 1.165) is 17.5 Å². The van der Waals surface area contributed by atoms with Crippen molar-refractivity contribution in [1.29, 1.82) is 0 Å². The third-order valence-corrected chi connectivity index (χ3v) is 4.74. The number of alkyl halides is 2. The van der Waals surface area contributed by atoms with E-state index in [4.69, 9.17) is 4.74 Å². The first-order valence-corrected chi connectivity index (χ1v) is 9.63. The van der Waals surface area contributed by atoms with Crippen LogP contribution in [0.3, 0.4) is 0 Å². The van der Waals surface area contributed by atoms with Gasteiger partial charge in [-0.2, -0.15) is 8.78 Å². The number of hydrogen-bond acceptors (Lipinski definition) is 3. The normalized spacial score (nSPS) is 11.7. The average Bonchev–Trinajstić information content (AvgIpc) is 3.12. The molecule has 30 heavy (non-hydrogen) atoms. The highest BCUT2D eigenvalue weighted by Gasteiger charge is 2.11. The van der Waals surface area contributed by atoms with Crippen molar-refractivity contribution in [3.63, 3.8) is 0 Å². The molecule has 0 aliphatic rings. The minimum absolute atomic E-state index is 0.00400. The molecule has 0 aliphatic carbocycles. The van der Waals surface area contributed by atoms with Crippen LogP contribution in [-0.4, -0.2) is 38.3 Å². The van der Waals surface area contributed by atoms with E-state index in [0.29, 0.717) is 19.0 Å². The van der Waals surface area contributed by atoms with Gasteiger partial charge in [-0.3, -0.25) is 4.99 Å². The van der Waals surface area contributed by atoms with Crippen LogP contribution in [0.25, 0.3) is 10.9 Å². The van der Waals surface area contributed by atoms with E-state index >= 15 is 0 Å². The van der Waals surface area contributed by atoms with Gasteiger partial charge in [-0.15, -0.1) is 0 Å². The Morgan fingerprint density at radius 3 is 2.70 bits per heavy atom. The monoisotopic (exact) mass is 416 g/mol. The van der Waals surface area contributed by atoms with Gasteiger partial charge in [0.2, 0.25) is 0 Å². The summed E-state index contributed by atoms with van der Waals surface area (Å²) < 4.78 is 34.8. The molecule has 0 saturated carbocycles. The van der Waals surface area contributed by atoms with Gasteiger partial charge in [0.15, 0.2) is 17.5 Å². The van der Waals surface area contributed by atoms with Crippen molar-refractivity contribution >= 4 is 16.9 Å². The molecule has 3 N–H and O–H groups in total. The van der Waals surface area contributed by atoms with E-state index in [2.05, 4.69) is 50.5 Å². The largest absolute Gasteiger partial charge is 0.493 e. The molecule has 160 valence electrons. The zero-order valence-corrected chi connectivity index (χ0v) is 17.3. The second kappa shape index (κ2) is 9.96. The molecule has 0 unspecified atom stereocenters. The highest BCUT2D eigenvalue weighted by atomic mass is 19.3. The number of methoxy groups -OCH3 is 1. The van der Waals surface area contributed by atoms with E-state index in [9.17, 15) is 8.78 Å². The highest BCUT2D eigenvalue weighted by Crippen LogP contribution is 2.29. The first kappa shape index (κ1) is 21.4. The lowest BCUT2D eigenvalue weighted by Gasteiger charge is -2.14. The molecule has 3 aromatic rings. The van der Waals surface area contributed by atoms with Crippen molar-refractivity contribution in [1.82, 2.24) is 15.6 Å². The molecule has 0 aliphatic heterocycles. The number of benzene rings is 2. The van der Waals surface area contributed by atoms with Crippen molar-refractivity contribution in [3.8, 4) is 11.5 Å². The Kier molecular flexibility index (Phi) is 7.11. The van der Waals surface area contributed by atoms with Crippen LogP contribution in [0.1, 0.15) is 16.7 Å². The molecular formula is C22H26F2N4O2. The van der Waals surface area contributed by atoms with Crippen molar-refractivity contribution < 1.29 is 18.3 Å². The topological polar surface area (TPSA) is 70.7 Å². The molecule has 1 heterocycles. The number of rotatable bonds is 8. The van der Waals surface area contributed by atoms with Crippen LogP contribution in [0.15, 0.2) is 47.6 Å². The number of hydrogen-bond donors (Lipinski definition) is 3. The summed E-state index contributed by atoms with van der Waals surface area (Å²) in [5, 5.41) is 7.67. The molecule has 6 nitrogen and oxygen atoms in total. The van der Waals surface area contributed by atoms with Gasteiger partial charge in [0.25, 0.3) is 0 Å². The Balaban J connectivity index is 1.54. The van der Waals surface area contributed by atoms with Gasteiger partial charge in [-0.05, 0) is 48.2 Å². The summed E-state index contributed by atoms with van der Waals surface area (Å²) in [5.41, 5.74) is 4.35. The maximum atomic E-state index is 12.6. The molecule has 0 radical (unpaired) electrons. The number of halogens is 2. The molecule has 0 spiro atoms. The summed E-state index contributed by atoms with van der Waals surface area (Å²) in [6, 6.07) is 11.3. The first-order valence-electron chi connectivity index (χ1n) is 9.63. The van der Waals surface area contributed by atoms with Crippen LogP contribution in [0.2, 0.25) is 0 Å². The number of fused-ring (bicyclic) bond motifs is 1. The van der Waals surface area contributed by atoms with Gasteiger partial charge in [0.05, 0.1) is 7.11 Å². The summed E-state index contributed by atoms with van der Waals surface area (Å²) >= 11 is 0. The maximum absolute atomic E-state index is 12.6. The van der Waals surface area contributed by atoms with Gasteiger partial charge in [-0.25, -0.2) is 0 Å². The van der Waals surface area contributed by atoms with Gasteiger partial charge < -0.3 is 25.1 Å². The lowest BCUT2D eigenvalue weighted by atomic mass is 10.1. The summed E-state index contributed by atoms with van der Waals surface area (Å²) in [4.78, 5) is 7.52. The van der Waals surface area contributed by atoms with Crippen molar-refractivity contribution in [2.75, 3.05) is 20.7 Å². The van der Waals surface area contributed by atoms with Crippen LogP contribution in [0.5, 0.6) is 11.5 Å². The summed E-state index contributed by atoms with van der Waals surface area (Å²) in [6.07, 6.45) is 2.86.